The molecule has 0 aromatic rings. The first-order chi connectivity index (χ1) is 10.3. The highest BCUT2D eigenvalue weighted by Gasteiger charge is 2.35. The van der Waals surface area contributed by atoms with E-state index >= 15 is 0 Å². The lowest BCUT2D eigenvalue weighted by Crippen LogP contribution is -2.36. The van der Waals surface area contributed by atoms with Gasteiger partial charge < -0.3 is 18.9 Å². The van der Waals surface area contributed by atoms with Crippen LogP contribution in [0, 0.1) is 17.8 Å². The van der Waals surface area contributed by atoms with Crippen LogP contribution in [0.15, 0.2) is 0 Å². The molecule has 0 bridgehead atoms. The zero-order valence-corrected chi connectivity index (χ0v) is 14.5. The van der Waals surface area contributed by atoms with E-state index in [2.05, 4.69) is 20.8 Å². The van der Waals surface area contributed by atoms with Crippen LogP contribution in [0.2, 0.25) is 0 Å². The van der Waals surface area contributed by atoms with Gasteiger partial charge in [0.25, 0.3) is 0 Å². The first kappa shape index (κ1) is 17.5. The van der Waals surface area contributed by atoms with Gasteiger partial charge in [-0.3, -0.25) is 0 Å². The van der Waals surface area contributed by atoms with Crippen LogP contribution in [-0.2, 0) is 18.9 Å². The van der Waals surface area contributed by atoms with E-state index in [1.165, 1.54) is 6.42 Å². The summed E-state index contributed by atoms with van der Waals surface area (Å²) in [4.78, 5) is 12.0. The maximum absolute atomic E-state index is 12.0. The summed E-state index contributed by atoms with van der Waals surface area (Å²) in [7, 11) is 0. The fourth-order valence-electron chi connectivity index (χ4n) is 3.41. The molecular formula is C17H30O5. The van der Waals surface area contributed by atoms with Crippen LogP contribution < -0.4 is 0 Å². The van der Waals surface area contributed by atoms with Crippen molar-refractivity contribution < 1.29 is 23.7 Å². The summed E-state index contributed by atoms with van der Waals surface area (Å²) in [5.41, 5.74) is 0. The van der Waals surface area contributed by atoms with Crippen molar-refractivity contribution in [2.45, 2.75) is 71.9 Å². The molecule has 2 rings (SSSR count). The molecule has 22 heavy (non-hydrogen) atoms. The predicted molar refractivity (Wildman–Crippen MR) is 82.5 cm³/mol. The summed E-state index contributed by atoms with van der Waals surface area (Å²) in [6.45, 7) is 10.9. The zero-order chi connectivity index (χ0) is 16.3. The van der Waals surface area contributed by atoms with Gasteiger partial charge >= 0.3 is 6.16 Å². The first-order valence-electron chi connectivity index (χ1n) is 8.42. The summed E-state index contributed by atoms with van der Waals surface area (Å²) >= 11 is 0. The Morgan fingerprint density at radius 2 is 2.05 bits per heavy atom. The Bertz CT molecular complexity index is 379. The molecule has 1 aliphatic carbocycles. The molecule has 2 aliphatic rings. The first-order valence-corrected chi connectivity index (χ1v) is 8.42. The maximum atomic E-state index is 12.0. The highest BCUT2D eigenvalue weighted by atomic mass is 16.8. The molecule has 0 aromatic heterocycles. The second-order valence-corrected chi connectivity index (χ2v) is 7.49. The predicted octanol–water partition coefficient (Wildman–Crippen LogP) is 3.75. The van der Waals surface area contributed by atoms with Gasteiger partial charge in [-0.15, -0.1) is 0 Å². The van der Waals surface area contributed by atoms with Crippen molar-refractivity contribution in [3.05, 3.63) is 0 Å². The smallest absolute Gasteiger partial charge is 0.431 e. The molecule has 2 fully saturated rings. The second-order valence-electron chi connectivity index (χ2n) is 7.49. The molecule has 4 atom stereocenters. The van der Waals surface area contributed by atoms with E-state index in [4.69, 9.17) is 18.9 Å². The monoisotopic (exact) mass is 314 g/mol. The third-order valence-corrected chi connectivity index (χ3v) is 4.66. The minimum Gasteiger partial charge on any atom is -0.431 e. The van der Waals surface area contributed by atoms with E-state index in [1.807, 2.05) is 13.8 Å². The summed E-state index contributed by atoms with van der Waals surface area (Å²) in [6.07, 6.45) is 2.42. The van der Waals surface area contributed by atoms with E-state index in [-0.39, 0.29) is 18.8 Å². The van der Waals surface area contributed by atoms with Crippen LogP contribution in [-0.4, -0.2) is 37.4 Å². The molecular weight excluding hydrogens is 284 g/mol. The van der Waals surface area contributed by atoms with Gasteiger partial charge in [0.05, 0.1) is 6.61 Å². The molecule has 0 aromatic carbocycles. The number of rotatable bonds is 4. The molecule has 0 N–H and O–H groups in total. The number of hydrogen-bond donors (Lipinski definition) is 0. The summed E-state index contributed by atoms with van der Waals surface area (Å²) in [5, 5.41) is 0. The van der Waals surface area contributed by atoms with Crippen molar-refractivity contribution in [3.8, 4) is 0 Å². The Kier molecular flexibility index (Phi) is 5.72. The van der Waals surface area contributed by atoms with Crippen molar-refractivity contribution in [3.63, 3.8) is 0 Å². The lowest BCUT2D eigenvalue weighted by molar-refractivity contribution is -0.144. The molecule has 1 unspecified atom stereocenters. The standard InChI is InChI=1S/C17H30O5/c1-11(2)14-7-6-12(3)8-15(14)21-16(18)19-9-13-10-20-17(4,5)22-13/h11-15H,6-10H2,1-5H3/t12-,13?,14+,15-/m1/s1. The third-order valence-electron chi connectivity index (χ3n) is 4.66. The fourth-order valence-corrected chi connectivity index (χ4v) is 3.41. The van der Waals surface area contributed by atoms with Crippen molar-refractivity contribution >= 4 is 6.16 Å². The van der Waals surface area contributed by atoms with Crippen molar-refractivity contribution in [2.75, 3.05) is 13.2 Å². The normalized spacial score (nSPS) is 34.6. The van der Waals surface area contributed by atoms with Crippen LogP contribution in [0.25, 0.3) is 0 Å². The van der Waals surface area contributed by atoms with E-state index in [0.29, 0.717) is 24.4 Å². The molecule has 1 saturated carbocycles. The molecule has 128 valence electrons. The Labute approximate surface area is 133 Å². The Morgan fingerprint density at radius 1 is 1.32 bits per heavy atom. The van der Waals surface area contributed by atoms with Gasteiger partial charge in [-0.05, 0) is 44.4 Å². The number of ether oxygens (including phenoxy) is 4. The summed E-state index contributed by atoms with van der Waals surface area (Å²) in [6, 6.07) is 0. The van der Waals surface area contributed by atoms with Crippen LogP contribution in [0.4, 0.5) is 4.79 Å². The zero-order valence-electron chi connectivity index (χ0n) is 14.5. The molecule has 0 spiro atoms. The van der Waals surface area contributed by atoms with Crippen LogP contribution >= 0.6 is 0 Å². The van der Waals surface area contributed by atoms with E-state index in [0.717, 1.165) is 12.8 Å². The highest BCUT2D eigenvalue weighted by Crippen LogP contribution is 2.35. The summed E-state index contributed by atoms with van der Waals surface area (Å²) < 4.78 is 21.9. The molecule has 5 nitrogen and oxygen atoms in total. The number of carbonyl (C=O) groups excluding carboxylic acids is 1. The lowest BCUT2D eigenvalue weighted by Gasteiger charge is -2.36. The maximum Gasteiger partial charge on any atom is 0.508 e. The summed E-state index contributed by atoms with van der Waals surface area (Å²) in [5.74, 6) is 0.936. The quantitative estimate of drug-likeness (QED) is 0.740. The number of hydrogen-bond acceptors (Lipinski definition) is 5. The minimum absolute atomic E-state index is 0.0339. The van der Waals surface area contributed by atoms with Gasteiger partial charge in [0.15, 0.2) is 5.79 Å². The van der Waals surface area contributed by atoms with Gasteiger partial charge in [0.2, 0.25) is 0 Å². The topological polar surface area (TPSA) is 54.0 Å². The fraction of sp³-hybridized carbons (Fsp3) is 0.941. The van der Waals surface area contributed by atoms with E-state index in [9.17, 15) is 4.79 Å². The molecule has 5 heteroatoms. The van der Waals surface area contributed by atoms with E-state index in [1.54, 1.807) is 0 Å². The van der Waals surface area contributed by atoms with Crippen LogP contribution in [0.1, 0.15) is 53.9 Å². The van der Waals surface area contributed by atoms with Crippen LogP contribution in [0.5, 0.6) is 0 Å². The Balaban J connectivity index is 1.77. The molecule has 1 heterocycles. The number of carbonyl (C=O) groups is 1. The van der Waals surface area contributed by atoms with Crippen molar-refractivity contribution in [1.82, 2.24) is 0 Å². The van der Waals surface area contributed by atoms with Crippen molar-refractivity contribution in [1.29, 1.82) is 0 Å². The average molecular weight is 314 g/mol. The van der Waals surface area contributed by atoms with E-state index < -0.39 is 11.9 Å². The lowest BCUT2D eigenvalue weighted by atomic mass is 9.75. The largest absolute Gasteiger partial charge is 0.508 e. The van der Waals surface area contributed by atoms with Gasteiger partial charge in [-0.2, -0.15) is 0 Å². The van der Waals surface area contributed by atoms with Gasteiger partial charge in [-0.25, -0.2) is 4.79 Å². The van der Waals surface area contributed by atoms with Gasteiger partial charge in [0.1, 0.15) is 18.8 Å². The van der Waals surface area contributed by atoms with Gasteiger partial charge in [0, 0.05) is 0 Å². The Morgan fingerprint density at radius 3 is 2.64 bits per heavy atom. The van der Waals surface area contributed by atoms with Crippen molar-refractivity contribution in [2.24, 2.45) is 17.8 Å². The highest BCUT2D eigenvalue weighted by molar-refractivity contribution is 5.60. The average Bonchev–Trinajstić information content (AvgIpc) is 2.76. The van der Waals surface area contributed by atoms with Crippen LogP contribution in [0.3, 0.4) is 0 Å². The third kappa shape index (κ3) is 4.85. The van der Waals surface area contributed by atoms with Gasteiger partial charge in [-0.1, -0.05) is 27.2 Å². The molecule has 1 aliphatic heterocycles. The minimum atomic E-state index is -0.598. The molecule has 0 radical (unpaired) electrons. The Hall–Kier alpha value is -0.810. The molecule has 1 saturated heterocycles. The SMILES string of the molecule is CC(C)[C@@H]1CC[C@@H](C)C[C@H]1OC(=O)OCC1COC(C)(C)O1. The second kappa shape index (κ2) is 7.18. The molecule has 0 amide bonds.